The number of hydrogen-bond donors (Lipinski definition) is 2. The fourth-order valence-corrected chi connectivity index (χ4v) is 3.56. The van der Waals surface area contributed by atoms with Crippen molar-refractivity contribution in [3.05, 3.63) is 57.8 Å². The molecule has 1 aromatic carbocycles. The number of amides is 1. The van der Waals surface area contributed by atoms with E-state index in [1.807, 2.05) is 13.8 Å². The van der Waals surface area contributed by atoms with Crippen molar-refractivity contribution in [3.8, 4) is 0 Å². The quantitative estimate of drug-likeness (QED) is 0.767. The van der Waals surface area contributed by atoms with E-state index in [4.69, 9.17) is 0 Å². The minimum Gasteiger partial charge on any atom is -0.351 e. The molecule has 3 N–H and O–H groups in total. The van der Waals surface area contributed by atoms with E-state index in [9.17, 15) is 4.79 Å². The highest BCUT2D eigenvalue weighted by Gasteiger charge is 2.25. The number of hydrogen-bond acceptors (Lipinski definition) is 2. The Bertz CT molecular complexity index is 592. The number of benzene rings is 1. The van der Waals surface area contributed by atoms with Crippen molar-refractivity contribution in [2.45, 2.75) is 45.7 Å². The summed E-state index contributed by atoms with van der Waals surface area (Å²) in [5.41, 5.74) is 2.63. The summed E-state index contributed by atoms with van der Waals surface area (Å²) in [6.07, 6.45) is 2.27. The van der Waals surface area contributed by atoms with Crippen LogP contribution in [0.5, 0.6) is 0 Å². The van der Waals surface area contributed by atoms with Gasteiger partial charge in [-0.2, -0.15) is 0 Å². The van der Waals surface area contributed by atoms with Crippen LogP contribution in [0.4, 0.5) is 0 Å². The maximum absolute atomic E-state index is 12.1. The first-order valence-corrected chi connectivity index (χ1v) is 9.28. The molecule has 0 saturated heterocycles. The van der Waals surface area contributed by atoms with Crippen molar-refractivity contribution in [1.29, 1.82) is 0 Å². The molecule has 0 bridgehead atoms. The van der Waals surface area contributed by atoms with E-state index in [0.717, 1.165) is 12.8 Å². The predicted molar refractivity (Wildman–Crippen MR) is 96.7 cm³/mol. The summed E-state index contributed by atoms with van der Waals surface area (Å²) in [4.78, 5) is 13.4. The average molecular weight is 332 g/mol. The van der Waals surface area contributed by atoms with Crippen LogP contribution in [0.2, 0.25) is 0 Å². The second-order valence-corrected chi connectivity index (χ2v) is 6.84. The molecular weight excluding hydrogens is 304 g/mol. The molecule has 23 heavy (non-hydrogen) atoms. The molecular formula is C19H27N2OS+. The maximum atomic E-state index is 12.1. The molecule has 124 valence electrons. The zero-order valence-electron chi connectivity index (χ0n) is 14.2. The number of quaternary nitrogens is 1. The summed E-state index contributed by atoms with van der Waals surface area (Å²) in [5, 5.41) is 7.16. The molecule has 0 fully saturated rings. The molecule has 0 radical (unpaired) electrons. The largest absolute Gasteiger partial charge is 0.351 e. The molecule has 1 aromatic heterocycles. The Morgan fingerprint density at radius 1 is 1.22 bits per heavy atom. The molecule has 0 saturated carbocycles. The standard InChI is InChI=1S/C19H26N2OS/c1-4-7-15-9-11-16(12-10-15)18(17-8-6-13-23-17)21-14(3)19(22)20-5-2/h6,8-14,18,21H,4-5,7H2,1-3H3,(H,20,22)/p+1/t14-,18-/m1/s1. The minimum atomic E-state index is -0.114. The number of carbonyl (C=O) groups is 1. The van der Waals surface area contributed by atoms with Crippen LogP contribution >= 0.6 is 11.3 Å². The van der Waals surface area contributed by atoms with E-state index in [2.05, 4.69) is 59.3 Å². The van der Waals surface area contributed by atoms with Gasteiger partial charge in [0.15, 0.2) is 6.04 Å². The molecule has 0 aliphatic rings. The number of nitrogens with two attached hydrogens (primary N) is 1. The number of carbonyl (C=O) groups excluding carboxylic acids is 1. The normalized spacial score (nSPS) is 13.5. The van der Waals surface area contributed by atoms with Gasteiger partial charge < -0.3 is 10.6 Å². The van der Waals surface area contributed by atoms with Crippen LogP contribution in [0, 0.1) is 0 Å². The molecule has 1 heterocycles. The molecule has 0 aliphatic carbocycles. The summed E-state index contributed by atoms with van der Waals surface area (Å²) < 4.78 is 0. The number of thiophene rings is 1. The number of aryl methyl sites for hydroxylation is 1. The summed E-state index contributed by atoms with van der Waals surface area (Å²) in [5.74, 6) is 0.0941. The average Bonchev–Trinajstić information content (AvgIpc) is 3.08. The van der Waals surface area contributed by atoms with E-state index in [1.165, 1.54) is 16.0 Å². The topological polar surface area (TPSA) is 45.7 Å². The summed E-state index contributed by atoms with van der Waals surface area (Å²) in [7, 11) is 0. The molecule has 2 aromatic rings. The van der Waals surface area contributed by atoms with E-state index in [0.29, 0.717) is 6.54 Å². The highest BCUT2D eigenvalue weighted by atomic mass is 32.1. The van der Waals surface area contributed by atoms with Crippen LogP contribution < -0.4 is 10.6 Å². The van der Waals surface area contributed by atoms with E-state index < -0.39 is 0 Å². The maximum Gasteiger partial charge on any atom is 0.277 e. The van der Waals surface area contributed by atoms with Crippen molar-refractivity contribution in [3.63, 3.8) is 0 Å². The van der Waals surface area contributed by atoms with Gasteiger partial charge in [-0.25, -0.2) is 0 Å². The van der Waals surface area contributed by atoms with Crippen LogP contribution in [0.15, 0.2) is 41.8 Å². The highest BCUT2D eigenvalue weighted by Crippen LogP contribution is 2.23. The monoisotopic (exact) mass is 331 g/mol. The molecule has 4 heteroatoms. The zero-order chi connectivity index (χ0) is 16.7. The van der Waals surface area contributed by atoms with Crippen molar-refractivity contribution in [2.75, 3.05) is 6.54 Å². The van der Waals surface area contributed by atoms with Gasteiger partial charge in [0.2, 0.25) is 0 Å². The van der Waals surface area contributed by atoms with Crippen molar-refractivity contribution in [1.82, 2.24) is 5.32 Å². The molecule has 1 amide bonds. The lowest BCUT2D eigenvalue weighted by Gasteiger charge is -2.19. The SMILES string of the molecule is CCCc1ccc([C@@H]([NH2+][C@H](C)C(=O)NCC)c2cccs2)cc1. The second-order valence-electron chi connectivity index (χ2n) is 5.86. The Labute approximate surface area is 143 Å². The van der Waals surface area contributed by atoms with Gasteiger partial charge in [-0.3, -0.25) is 4.79 Å². The second kappa shape index (κ2) is 8.85. The third-order valence-corrected chi connectivity index (χ3v) is 4.93. The van der Waals surface area contributed by atoms with Gasteiger partial charge in [0.1, 0.15) is 6.04 Å². The first-order chi connectivity index (χ1) is 11.2. The Balaban J connectivity index is 2.19. The van der Waals surface area contributed by atoms with E-state index >= 15 is 0 Å². The molecule has 0 spiro atoms. The third-order valence-electron chi connectivity index (χ3n) is 3.97. The Morgan fingerprint density at radius 3 is 2.52 bits per heavy atom. The lowest BCUT2D eigenvalue weighted by molar-refractivity contribution is -0.704. The molecule has 0 unspecified atom stereocenters. The summed E-state index contributed by atoms with van der Waals surface area (Å²) in [6.45, 7) is 6.79. The highest BCUT2D eigenvalue weighted by molar-refractivity contribution is 7.10. The Morgan fingerprint density at radius 2 is 1.96 bits per heavy atom. The van der Waals surface area contributed by atoms with Crippen LogP contribution in [0.3, 0.4) is 0 Å². The fourth-order valence-electron chi connectivity index (χ4n) is 2.73. The lowest BCUT2D eigenvalue weighted by atomic mass is 10.0. The number of likely N-dealkylation sites (N-methyl/N-ethyl adjacent to an activating group) is 1. The van der Waals surface area contributed by atoms with Crippen molar-refractivity contribution < 1.29 is 10.1 Å². The van der Waals surface area contributed by atoms with Crippen molar-refractivity contribution in [2.24, 2.45) is 0 Å². The number of nitrogens with one attached hydrogen (secondary N) is 1. The van der Waals surface area contributed by atoms with Crippen LogP contribution in [0.25, 0.3) is 0 Å². The van der Waals surface area contributed by atoms with Crippen LogP contribution in [0.1, 0.15) is 49.2 Å². The van der Waals surface area contributed by atoms with Crippen LogP contribution in [-0.2, 0) is 11.2 Å². The third kappa shape index (κ3) is 4.91. The summed E-state index contributed by atoms with van der Waals surface area (Å²) in [6, 6.07) is 13.1. The first kappa shape index (κ1) is 17.7. The van der Waals surface area contributed by atoms with Crippen molar-refractivity contribution >= 4 is 17.2 Å². The lowest BCUT2D eigenvalue weighted by Crippen LogP contribution is -2.92. The van der Waals surface area contributed by atoms with Gasteiger partial charge in [0.05, 0.1) is 4.88 Å². The van der Waals surface area contributed by atoms with E-state index in [-0.39, 0.29) is 18.0 Å². The smallest absolute Gasteiger partial charge is 0.277 e. The molecule has 2 rings (SSSR count). The fraction of sp³-hybridized carbons (Fsp3) is 0.421. The Hall–Kier alpha value is -1.65. The van der Waals surface area contributed by atoms with Crippen LogP contribution in [-0.4, -0.2) is 18.5 Å². The number of rotatable bonds is 8. The predicted octanol–water partition coefficient (Wildman–Crippen LogP) is 2.88. The Kier molecular flexibility index (Phi) is 6.81. The van der Waals surface area contributed by atoms with Gasteiger partial charge in [-0.15, -0.1) is 11.3 Å². The van der Waals surface area contributed by atoms with Gasteiger partial charge in [-0.05, 0) is 37.3 Å². The zero-order valence-corrected chi connectivity index (χ0v) is 15.0. The van der Waals surface area contributed by atoms with E-state index in [1.54, 1.807) is 11.3 Å². The minimum absolute atomic E-state index is 0.0941. The first-order valence-electron chi connectivity index (χ1n) is 8.40. The van der Waals surface area contributed by atoms with Gasteiger partial charge in [0.25, 0.3) is 5.91 Å². The molecule has 0 aliphatic heterocycles. The van der Waals surface area contributed by atoms with Gasteiger partial charge in [-0.1, -0.05) is 43.7 Å². The molecule has 2 atom stereocenters. The molecule has 3 nitrogen and oxygen atoms in total. The van der Waals surface area contributed by atoms with Gasteiger partial charge in [0, 0.05) is 12.1 Å². The summed E-state index contributed by atoms with van der Waals surface area (Å²) >= 11 is 1.74. The van der Waals surface area contributed by atoms with Gasteiger partial charge >= 0.3 is 0 Å².